The predicted octanol–water partition coefficient (Wildman–Crippen LogP) is 2.04. The fourth-order valence-electron chi connectivity index (χ4n) is 1.06. The lowest BCUT2D eigenvalue weighted by Gasteiger charge is -2.09. The second-order valence-corrected chi connectivity index (χ2v) is 4.46. The summed E-state index contributed by atoms with van der Waals surface area (Å²) in [5, 5.41) is 10.3. The minimum Gasteiger partial charge on any atom is -0.386 e. The summed E-state index contributed by atoms with van der Waals surface area (Å²) in [4.78, 5) is 14.9. The number of aliphatic hydroxyl groups is 1. The van der Waals surface area contributed by atoms with Gasteiger partial charge >= 0.3 is 0 Å². The number of thiazole rings is 1. The standard InChI is InChI=1S/C9H13NO2S/c1-6(2)3-8(12)9-10-4-7(5-11)13-9/h4-6,8,12H,3H2,1-2H3. The Morgan fingerprint density at radius 2 is 2.38 bits per heavy atom. The van der Waals surface area contributed by atoms with Gasteiger partial charge < -0.3 is 5.11 Å². The van der Waals surface area contributed by atoms with Gasteiger partial charge in [-0.25, -0.2) is 4.98 Å². The highest BCUT2D eigenvalue weighted by atomic mass is 32.1. The number of carbonyl (C=O) groups is 1. The fourth-order valence-corrected chi connectivity index (χ4v) is 1.79. The lowest BCUT2D eigenvalue weighted by atomic mass is 10.1. The van der Waals surface area contributed by atoms with Crippen LogP contribution in [0.4, 0.5) is 0 Å². The smallest absolute Gasteiger partial charge is 0.161 e. The maximum atomic E-state index is 10.4. The summed E-state index contributed by atoms with van der Waals surface area (Å²) in [5.41, 5.74) is 0. The molecule has 1 unspecified atom stereocenters. The first kappa shape index (κ1) is 10.3. The van der Waals surface area contributed by atoms with E-state index in [9.17, 15) is 9.90 Å². The molecule has 1 heterocycles. The van der Waals surface area contributed by atoms with E-state index in [-0.39, 0.29) is 0 Å². The molecule has 1 rings (SSSR count). The van der Waals surface area contributed by atoms with Crippen molar-refractivity contribution in [3.05, 3.63) is 16.1 Å². The van der Waals surface area contributed by atoms with Crippen molar-refractivity contribution in [2.45, 2.75) is 26.4 Å². The highest BCUT2D eigenvalue weighted by Crippen LogP contribution is 2.24. The topological polar surface area (TPSA) is 50.2 Å². The van der Waals surface area contributed by atoms with Crippen LogP contribution in [-0.4, -0.2) is 16.4 Å². The predicted molar refractivity (Wildman–Crippen MR) is 51.9 cm³/mol. The zero-order chi connectivity index (χ0) is 9.84. The number of carbonyl (C=O) groups excluding carboxylic acids is 1. The molecule has 4 heteroatoms. The Hall–Kier alpha value is -0.740. The molecule has 1 atom stereocenters. The molecule has 0 saturated heterocycles. The van der Waals surface area contributed by atoms with E-state index in [1.807, 2.05) is 13.8 Å². The first-order valence-corrected chi connectivity index (χ1v) is 5.04. The Balaban J connectivity index is 2.65. The number of rotatable bonds is 4. The molecule has 0 aliphatic rings. The van der Waals surface area contributed by atoms with Gasteiger partial charge in [0.15, 0.2) is 6.29 Å². The number of aldehydes is 1. The molecule has 13 heavy (non-hydrogen) atoms. The third-order valence-electron chi connectivity index (χ3n) is 1.64. The molecule has 0 bridgehead atoms. The zero-order valence-electron chi connectivity index (χ0n) is 7.73. The first-order chi connectivity index (χ1) is 6.13. The quantitative estimate of drug-likeness (QED) is 0.755. The van der Waals surface area contributed by atoms with E-state index >= 15 is 0 Å². The number of nitrogens with zero attached hydrogens (tertiary/aromatic N) is 1. The number of aromatic nitrogens is 1. The van der Waals surface area contributed by atoms with Crippen molar-refractivity contribution < 1.29 is 9.90 Å². The van der Waals surface area contributed by atoms with Gasteiger partial charge in [0.2, 0.25) is 0 Å². The largest absolute Gasteiger partial charge is 0.386 e. The normalized spacial score (nSPS) is 13.2. The van der Waals surface area contributed by atoms with Crippen molar-refractivity contribution in [2.24, 2.45) is 5.92 Å². The molecule has 1 aromatic heterocycles. The Bertz CT molecular complexity index is 283. The minimum absolute atomic E-state index is 0.429. The van der Waals surface area contributed by atoms with Gasteiger partial charge in [-0.2, -0.15) is 0 Å². The molecule has 0 radical (unpaired) electrons. The second kappa shape index (κ2) is 4.48. The van der Waals surface area contributed by atoms with Crippen molar-refractivity contribution in [3.63, 3.8) is 0 Å². The number of hydrogen-bond acceptors (Lipinski definition) is 4. The highest BCUT2D eigenvalue weighted by molar-refractivity contribution is 7.13. The lowest BCUT2D eigenvalue weighted by molar-refractivity contribution is 0.112. The summed E-state index contributed by atoms with van der Waals surface area (Å²) in [6.07, 6.45) is 2.41. The maximum absolute atomic E-state index is 10.4. The number of hydrogen-bond donors (Lipinski definition) is 1. The Morgan fingerprint density at radius 1 is 1.69 bits per heavy atom. The summed E-state index contributed by atoms with van der Waals surface area (Å²) in [6.45, 7) is 4.08. The highest BCUT2D eigenvalue weighted by Gasteiger charge is 2.13. The van der Waals surface area contributed by atoms with Gasteiger partial charge in [0, 0.05) is 6.20 Å². The molecular formula is C9H13NO2S. The third kappa shape index (κ3) is 2.90. The molecule has 0 aromatic carbocycles. The second-order valence-electron chi connectivity index (χ2n) is 3.36. The summed E-state index contributed by atoms with van der Waals surface area (Å²) >= 11 is 1.25. The number of aliphatic hydroxyl groups excluding tert-OH is 1. The van der Waals surface area contributed by atoms with Gasteiger partial charge in [-0.15, -0.1) is 11.3 Å². The van der Waals surface area contributed by atoms with E-state index < -0.39 is 6.10 Å². The maximum Gasteiger partial charge on any atom is 0.161 e. The molecule has 0 aliphatic heterocycles. The van der Waals surface area contributed by atoms with Gasteiger partial charge in [-0.1, -0.05) is 13.8 Å². The molecular weight excluding hydrogens is 186 g/mol. The Kier molecular flexibility index (Phi) is 3.57. The van der Waals surface area contributed by atoms with Crippen LogP contribution in [0.1, 0.15) is 41.1 Å². The van der Waals surface area contributed by atoms with Crippen LogP contribution in [0.25, 0.3) is 0 Å². The summed E-state index contributed by atoms with van der Waals surface area (Å²) in [7, 11) is 0. The summed E-state index contributed by atoms with van der Waals surface area (Å²) in [6, 6.07) is 0. The summed E-state index contributed by atoms with van der Waals surface area (Å²) < 4.78 is 0. The van der Waals surface area contributed by atoms with Gasteiger partial charge in [-0.05, 0) is 12.3 Å². The molecule has 0 fully saturated rings. The van der Waals surface area contributed by atoms with Crippen LogP contribution in [-0.2, 0) is 0 Å². The molecule has 0 aliphatic carbocycles. The zero-order valence-corrected chi connectivity index (χ0v) is 8.54. The Morgan fingerprint density at radius 3 is 2.85 bits per heavy atom. The molecule has 1 N–H and O–H groups in total. The molecule has 0 spiro atoms. The SMILES string of the molecule is CC(C)CC(O)c1ncc(C=O)s1. The van der Waals surface area contributed by atoms with Crippen LogP contribution < -0.4 is 0 Å². The van der Waals surface area contributed by atoms with Crippen molar-refractivity contribution in [3.8, 4) is 0 Å². The van der Waals surface area contributed by atoms with Crippen molar-refractivity contribution in [1.29, 1.82) is 0 Å². The van der Waals surface area contributed by atoms with Crippen molar-refractivity contribution in [2.75, 3.05) is 0 Å². The van der Waals surface area contributed by atoms with E-state index in [1.165, 1.54) is 17.5 Å². The monoisotopic (exact) mass is 199 g/mol. The average Bonchev–Trinajstić information content (AvgIpc) is 2.50. The van der Waals surface area contributed by atoms with Crippen molar-refractivity contribution in [1.82, 2.24) is 4.98 Å². The van der Waals surface area contributed by atoms with Crippen LogP contribution in [0.15, 0.2) is 6.20 Å². The third-order valence-corrected chi connectivity index (χ3v) is 2.66. The van der Waals surface area contributed by atoms with Crippen LogP contribution >= 0.6 is 11.3 Å². The average molecular weight is 199 g/mol. The van der Waals surface area contributed by atoms with Crippen molar-refractivity contribution >= 4 is 17.6 Å². The molecule has 1 aromatic rings. The van der Waals surface area contributed by atoms with Gasteiger partial charge in [0.05, 0.1) is 4.88 Å². The minimum atomic E-state index is -0.529. The Labute approximate surface area is 81.4 Å². The van der Waals surface area contributed by atoms with Gasteiger partial charge in [0.25, 0.3) is 0 Å². The summed E-state index contributed by atoms with van der Waals surface area (Å²) in [5.74, 6) is 0.429. The van der Waals surface area contributed by atoms with Crippen LogP contribution in [0.2, 0.25) is 0 Å². The molecule has 72 valence electrons. The van der Waals surface area contributed by atoms with Crippen LogP contribution in [0.3, 0.4) is 0 Å². The van der Waals surface area contributed by atoms with Gasteiger partial charge in [0.1, 0.15) is 11.1 Å². The fraction of sp³-hybridized carbons (Fsp3) is 0.556. The van der Waals surface area contributed by atoms with Crippen LogP contribution in [0.5, 0.6) is 0 Å². The van der Waals surface area contributed by atoms with Gasteiger partial charge in [-0.3, -0.25) is 4.79 Å². The van der Waals surface area contributed by atoms with E-state index in [0.717, 1.165) is 6.29 Å². The molecule has 0 amide bonds. The molecule has 3 nitrogen and oxygen atoms in total. The van der Waals surface area contributed by atoms with E-state index in [4.69, 9.17) is 0 Å². The molecule has 0 saturated carbocycles. The van der Waals surface area contributed by atoms with E-state index in [2.05, 4.69) is 4.98 Å². The van der Waals surface area contributed by atoms with Crippen LogP contribution in [0, 0.1) is 5.92 Å². The van der Waals surface area contributed by atoms with E-state index in [0.29, 0.717) is 22.2 Å². The van der Waals surface area contributed by atoms with E-state index in [1.54, 1.807) is 0 Å². The first-order valence-electron chi connectivity index (χ1n) is 4.22. The lowest BCUT2D eigenvalue weighted by Crippen LogP contribution is -2.00.